The van der Waals surface area contributed by atoms with Crippen molar-refractivity contribution < 1.29 is 4.79 Å². The Bertz CT molecular complexity index is 1010. The zero-order valence-corrected chi connectivity index (χ0v) is 16.9. The molecule has 0 aliphatic carbocycles. The molecular formula is C24H25N5O. The Kier molecular flexibility index (Phi) is 5.15. The zero-order chi connectivity index (χ0) is 20.3. The van der Waals surface area contributed by atoms with Crippen LogP contribution in [0.25, 0.3) is 0 Å². The second-order valence-electron chi connectivity index (χ2n) is 7.86. The van der Waals surface area contributed by atoms with Crippen LogP contribution in [0.4, 0.5) is 11.6 Å². The van der Waals surface area contributed by atoms with Gasteiger partial charge in [-0.25, -0.2) is 9.97 Å². The number of carbonyl (C=O) groups excluding carboxylic acids is 1. The first-order chi connectivity index (χ1) is 14.8. The Labute approximate surface area is 176 Å². The summed E-state index contributed by atoms with van der Waals surface area (Å²) in [6, 6.07) is 18.8. The van der Waals surface area contributed by atoms with E-state index in [-0.39, 0.29) is 5.91 Å². The monoisotopic (exact) mass is 399 g/mol. The molecule has 1 amide bonds. The van der Waals surface area contributed by atoms with Gasteiger partial charge >= 0.3 is 0 Å². The second-order valence-corrected chi connectivity index (χ2v) is 7.86. The van der Waals surface area contributed by atoms with Gasteiger partial charge in [-0.2, -0.15) is 0 Å². The summed E-state index contributed by atoms with van der Waals surface area (Å²) in [6.45, 7) is 5.02. The van der Waals surface area contributed by atoms with Crippen LogP contribution in [-0.2, 0) is 13.0 Å². The highest BCUT2D eigenvalue weighted by molar-refractivity contribution is 5.93. The topological polar surface area (TPSA) is 52.6 Å². The maximum Gasteiger partial charge on any atom is 0.257 e. The van der Waals surface area contributed by atoms with Crippen LogP contribution >= 0.6 is 0 Å². The Balaban J connectivity index is 1.20. The van der Waals surface area contributed by atoms with Crippen molar-refractivity contribution in [1.29, 1.82) is 0 Å². The number of fused-ring (bicyclic) bond motifs is 1. The number of carbonyl (C=O) groups is 1. The van der Waals surface area contributed by atoms with Crippen LogP contribution in [0, 0.1) is 0 Å². The number of rotatable bonds is 4. The molecule has 5 rings (SSSR count). The van der Waals surface area contributed by atoms with Gasteiger partial charge in [0.1, 0.15) is 0 Å². The van der Waals surface area contributed by atoms with Crippen molar-refractivity contribution in [3.63, 3.8) is 0 Å². The summed E-state index contributed by atoms with van der Waals surface area (Å²) in [4.78, 5) is 28.3. The minimum absolute atomic E-state index is 0.0164. The minimum Gasteiger partial charge on any atom is -0.336 e. The molecule has 30 heavy (non-hydrogen) atoms. The molecule has 1 aromatic heterocycles. The first-order valence-electron chi connectivity index (χ1n) is 10.5. The molecule has 6 nitrogen and oxygen atoms in total. The van der Waals surface area contributed by atoms with E-state index in [4.69, 9.17) is 0 Å². The standard InChI is InChI=1S/C24H25N5O/c30-23(28-14-12-27(13-15-28)18-19-6-2-1-3-7-19)21-16-25-24(26-17-21)29-11-10-20-8-4-5-9-22(20)29/h1-9,16-17H,10-15,18H2. The Hall–Kier alpha value is -3.25. The van der Waals surface area contributed by atoms with Gasteiger partial charge in [-0.15, -0.1) is 0 Å². The maximum absolute atomic E-state index is 12.9. The fourth-order valence-corrected chi connectivity index (χ4v) is 4.25. The summed E-state index contributed by atoms with van der Waals surface area (Å²) in [5.41, 5.74) is 4.34. The number of nitrogens with zero attached hydrogens (tertiary/aromatic N) is 5. The minimum atomic E-state index is 0.0164. The van der Waals surface area contributed by atoms with E-state index in [2.05, 4.69) is 62.2 Å². The van der Waals surface area contributed by atoms with E-state index in [1.807, 2.05) is 17.0 Å². The van der Waals surface area contributed by atoms with Gasteiger partial charge in [0.05, 0.1) is 5.56 Å². The van der Waals surface area contributed by atoms with Crippen molar-refractivity contribution in [3.8, 4) is 0 Å². The lowest BCUT2D eigenvalue weighted by Gasteiger charge is -2.34. The normalized spacial score (nSPS) is 16.5. The molecule has 2 aliphatic rings. The third-order valence-electron chi connectivity index (χ3n) is 5.92. The van der Waals surface area contributed by atoms with E-state index in [1.165, 1.54) is 11.1 Å². The highest BCUT2D eigenvalue weighted by atomic mass is 16.2. The quantitative estimate of drug-likeness (QED) is 0.675. The SMILES string of the molecule is O=C(c1cnc(N2CCc3ccccc32)nc1)N1CCN(Cc2ccccc2)CC1. The van der Waals surface area contributed by atoms with Crippen molar-refractivity contribution in [1.82, 2.24) is 19.8 Å². The zero-order valence-electron chi connectivity index (χ0n) is 16.9. The molecule has 1 saturated heterocycles. The molecule has 152 valence electrons. The van der Waals surface area contributed by atoms with Crippen molar-refractivity contribution in [2.45, 2.75) is 13.0 Å². The maximum atomic E-state index is 12.9. The summed E-state index contributed by atoms with van der Waals surface area (Å²) in [5.74, 6) is 0.673. The molecule has 0 bridgehead atoms. The fraction of sp³-hybridized carbons (Fsp3) is 0.292. The highest BCUT2D eigenvalue weighted by Crippen LogP contribution is 2.31. The van der Waals surface area contributed by atoms with E-state index >= 15 is 0 Å². The molecule has 0 radical (unpaired) electrons. The third-order valence-corrected chi connectivity index (χ3v) is 5.92. The van der Waals surface area contributed by atoms with Crippen molar-refractivity contribution in [3.05, 3.63) is 83.7 Å². The number of piperazine rings is 1. The smallest absolute Gasteiger partial charge is 0.257 e. The van der Waals surface area contributed by atoms with Crippen LogP contribution in [0.15, 0.2) is 67.0 Å². The largest absolute Gasteiger partial charge is 0.336 e. The Morgan fingerprint density at radius 1 is 0.833 bits per heavy atom. The van der Waals surface area contributed by atoms with Crippen LogP contribution in [-0.4, -0.2) is 58.4 Å². The van der Waals surface area contributed by atoms with Gasteiger partial charge in [0, 0.05) is 57.3 Å². The average Bonchev–Trinajstić information content (AvgIpc) is 3.24. The number of anilines is 2. The summed E-state index contributed by atoms with van der Waals surface area (Å²) in [6.07, 6.45) is 4.33. The molecule has 0 unspecified atom stereocenters. The summed E-state index contributed by atoms with van der Waals surface area (Å²) < 4.78 is 0. The number of aromatic nitrogens is 2. The lowest BCUT2D eigenvalue weighted by atomic mass is 10.2. The Morgan fingerprint density at radius 3 is 2.30 bits per heavy atom. The predicted molar refractivity (Wildman–Crippen MR) is 117 cm³/mol. The Morgan fingerprint density at radius 2 is 1.53 bits per heavy atom. The summed E-state index contributed by atoms with van der Waals surface area (Å²) >= 11 is 0. The van der Waals surface area contributed by atoms with Crippen LogP contribution in [0.3, 0.4) is 0 Å². The van der Waals surface area contributed by atoms with Gasteiger partial charge in [-0.1, -0.05) is 48.5 Å². The first-order valence-corrected chi connectivity index (χ1v) is 10.5. The predicted octanol–water partition coefficient (Wildman–Crippen LogP) is 3.13. The molecule has 3 aromatic rings. The highest BCUT2D eigenvalue weighted by Gasteiger charge is 2.25. The number of para-hydroxylation sites is 1. The van der Waals surface area contributed by atoms with Crippen LogP contribution < -0.4 is 4.90 Å². The number of amides is 1. The van der Waals surface area contributed by atoms with Gasteiger partial charge in [-0.3, -0.25) is 9.69 Å². The van der Waals surface area contributed by atoms with Crippen molar-refractivity contribution >= 4 is 17.5 Å². The molecule has 2 aliphatic heterocycles. The molecule has 1 fully saturated rings. The van der Waals surface area contributed by atoms with Gasteiger partial charge in [0.2, 0.25) is 5.95 Å². The summed E-state index contributed by atoms with van der Waals surface area (Å²) in [7, 11) is 0. The van der Waals surface area contributed by atoms with Gasteiger partial charge in [0.15, 0.2) is 0 Å². The molecule has 0 N–H and O–H groups in total. The third kappa shape index (κ3) is 3.78. The molecule has 0 atom stereocenters. The molecule has 0 saturated carbocycles. The van der Waals surface area contributed by atoms with Crippen molar-refractivity contribution in [2.75, 3.05) is 37.6 Å². The number of hydrogen-bond donors (Lipinski definition) is 0. The van der Waals surface area contributed by atoms with E-state index < -0.39 is 0 Å². The number of benzene rings is 2. The summed E-state index contributed by atoms with van der Waals surface area (Å²) in [5, 5.41) is 0. The van der Waals surface area contributed by atoms with E-state index in [0.29, 0.717) is 11.5 Å². The molecule has 0 spiro atoms. The second kappa shape index (κ2) is 8.24. The van der Waals surface area contributed by atoms with Crippen LogP contribution in [0.1, 0.15) is 21.5 Å². The van der Waals surface area contributed by atoms with Crippen LogP contribution in [0.2, 0.25) is 0 Å². The molecule has 3 heterocycles. The van der Waals surface area contributed by atoms with Crippen LogP contribution in [0.5, 0.6) is 0 Å². The number of hydrogen-bond acceptors (Lipinski definition) is 5. The van der Waals surface area contributed by atoms with E-state index in [9.17, 15) is 4.79 Å². The van der Waals surface area contributed by atoms with Gasteiger partial charge < -0.3 is 9.80 Å². The van der Waals surface area contributed by atoms with E-state index in [1.54, 1.807) is 12.4 Å². The van der Waals surface area contributed by atoms with E-state index in [0.717, 1.165) is 51.4 Å². The molecular weight excluding hydrogens is 374 g/mol. The lowest BCUT2D eigenvalue weighted by molar-refractivity contribution is 0.0627. The van der Waals surface area contributed by atoms with Crippen molar-refractivity contribution in [2.24, 2.45) is 0 Å². The lowest BCUT2D eigenvalue weighted by Crippen LogP contribution is -2.48. The first kappa shape index (κ1) is 18.8. The average molecular weight is 399 g/mol. The van der Waals surface area contributed by atoms with Gasteiger partial charge in [-0.05, 0) is 23.6 Å². The molecule has 2 aromatic carbocycles. The fourth-order valence-electron chi connectivity index (χ4n) is 4.25. The molecule has 6 heteroatoms. The van der Waals surface area contributed by atoms with Gasteiger partial charge in [0.25, 0.3) is 5.91 Å².